The normalized spacial score (nSPS) is 19.9. The summed E-state index contributed by atoms with van der Waals surface area (Å²) in [5, 5.41) is 3.58. The number of guanidine groups is 1. The van der Waals surface area contributed by atoms with E-state index in [9.17, 15) is 4.39 Å². The van der Waals surface area contributed by atoms with Gasteiger partial charge in [-0.1, -0.05) is 13.0 Å². The fraction of sp³-hybridized carbons (Fsp3) is 0.696. The molecule has 30 heavy (non-hydrogen) atoms. The maximum Gasteiger partial charge on any atom is 0.193 e. The number of nitrogens with zero attached hydrogens (tertiary/aromatic N) is 4. The molecule has 2 fully saturated rings. The first-order chi connectivity index (χ1) is 14.6. The molecule has 1 aromatic rings. The lowest BCUT2D eigenvalue weighted by atomic mass is 9.93. The molecule has 168 valence electrons. The predicted molar refractivity (Wildman–Crippen MR) is 121 cm³/mol. The van der Waals surface area contributed by atoms with Gasteiger partial charge in [-0.05, 0) is 62.5 Å². The van der Waals surface area contributed by atoms with Crippen molar-refractivity contribution in [3.8, 4) is 5.75 Å². The van der Waals surface area contributed by atoms with Crippen molar-refractivity contribution in [3.63, 3.8) is 0 Å². The van der Waals surface area contributed by atoms with Crippen LogP contribution in [0.1, 0.15) is 31.7 Å². The summed E-state index contributed by atoms with van der Waals surface area (Å²) in [4.78, 5) is 11.8. The maximum atomic E-state index is 13.9. The second-order valence-electron chi connectivity index (χ2n) is 8.37. The number of ether oxygens (including phenoxy) is 1. The Bertz CT molecular complexity index is 682. The van der Waals surface area contributed by atoms with Gasteiger partial charge in [0.2, 0.25) is 0 Å². The van der Waals surface area contributed by atoms with Crippen LogP contribution in [0.15, 0.2) is 23.2 Å². The number of hydrogen-bond donors (Lipinski definition) is 1. The van der Waals surface area contributed by atoms with Crippen LogP contribution in [0.4, 0.5) is 4.39 Å². The summed E-state index contributed by atoms with van der Waals surface area (Å²) in [5.74, 6) is 1.85. The number of hydrogen-bond acceptors (Lipinski definition) is 4. The first-order valence-electron chi connectivity index (χ1n) is 11.4. The van der Waals surface area contributed by atoms with E-state index in [2.05, 4.69) is 31.9 Å². The van der Waals surface area contributed by atoms with Gasteiger partial charge < -0.3 is 19.9 Å². The molecule has 0 atom stereocenters. The Morgan fingerprint density at radius 1 is 1.13 bits per heavy atom. The van der Waals surface area contributed by atoms with Crippen molar-refractivity contribution >= 4 is 5.96 Å². The maximum absolute atomic E-state index is 13.9. The van der Waals surface area contributed by atoms with Gasteiger partial charge in [0.25, 0.3) is 0 Å². The average molecular weight is 420 g/mol. The van der Waals surface area contributed by atoms with E-state index in [1.165, 1.54) is 46.0 Å². The van der Waals surface area contributed by atoms with E-state index in [0.717, 1.165) is 56.7 Å². The van der Waals surface area contributed by atoms with Crippen LogP contribution in [-0.2, 0) is 6.54 Å². The Hall–Kier alpha value is -1.86. The van der Waals surface area contributed by atoms with Crippen molar-refractivity contribution in [1.29, 1.82) is 0 Å². The molecule has 0 saturated carbocycles. The van der Waals surface area contributed by atoms with Crippen LogP contribution in [0, 0.1) is 11.7 Å². The standard InChI is InChI=1S/C23H38FN5O/c1-4-27-11-8-19(9-12-27)7-10-26-23(25-2)29-15-13-28(14-16-29)18-20-5-6-22(30-3)21(24)17-20/h5-6,17,19H,4,7-16,18H2,1-3H3,(H,25,26). The molecule has 0 spiro atoms. The summed E-state index contributed by atoms with van der Waals surface area (Å²) in [6.07, 6.45) is 3.86. The minimum Gasteiger partial charge on any atom is -0.494 e. The van der Waals surface area contributed by atoms with Crippen molar-refractivity contribution in [2.45, 2.75) is 32.7 Å². The Morgan fingerprint density at radius 2 is 1.87 bits per heavy atom. The van der Waals surface area contributed by atoms with E-state index >= 15 is 0 Å². The zero-order valence-electron chi connectivity index (χ0n) is 18.9. The molecule has 6 nitrogen and oxygen atoms in total. The number of piperidine rings is 1. The number of methoxy groups -OCH3 is 1. The molecule has 2 aliphatic rings. The number of rotatable bonds is 7. The van der Waals surface area contributed by atoms with Gasteiger partial charge >= 0.3 is 0 Å². The second kappa shape index (κ2) is 11.5. The van der Waals surface area contributed by atoms with Crippen molar-refractivity contribution in [2.75, 3.05) is 66.5 Å². The third-order valence-corrected chi connectivity index (χ3v) is 6.50. The smallest absolute Gasteiger partial charge is 0.193 e. The van der Waals surface area contributed by atoms with E-state index in [1.807, 2.05) is 13.1 Å². The Morgan fingerprint density at radius 3 is 2.47 bits per heavy atom. The SMILES string of the molecule is CCN1CCC(CCNC(=NC)N2CCN(Cc3ccc(OC)c(F)c3)CC2)CC1. The predicted octanol–water partition coefficient (Wildman–Crippen LogP) is 2.65. The summed E-state index contributed by atoms with van der Waals surface area (Å²) in [6.45, 7) is 11.4. The van der Waals surface area contributed by atoms with Gasteiger partial charge in [-0.25, -0.2) is 4.39 Å². The molecule has 1 aromatic carbocycles. The lowest BCUT2D eigenvalue weighted by Gasteiger charge is -2.37. The van der Waals surface area contributed by atoms with Crippen molar-refractivity contribution < 1.29 is 9.13 Å². The molecule has 2 aliphatic heterocycles. The minimum atomic E-state index is -0.293. The molecule has 0 aliphatic carbocycles. The molecular formula is C23H38FN5O. The highest BCUT2D eigenvalue weighted by molar-refractivity contribution is 5.79. The first-order valence-corrected chi connectivity index (χ1v) is 11.4. The lowest BCUT2D eigenvalue weighted by Crippen LogP contribution is -2.52. The van der Waals surface area contributed by atoms with Crippen LogP contribution in [0.25, 0.3) is 0 Å². The van der Waals surface area contributed by atoms with E-state index in [1.54, 1.807) is 12.1 Å². The third-order valence-electron chi connectivity index (χ3n) is 6.50. The number of aliphatic imine (C=N–C) groups is 1. The molecule has 2 saturated heterocycles. The van der Waals surface area contributed by atoms with Gasteiger partial charge in [-0.15, -0.1) is 0 Å². The summed E-state index contributed by atoms with van der Waals surface area (Å²) >= 11 is 0. The highest BCUT2D eigenvalue weighted by atomic mass is 19.1. The summed E-state index contributed by atoms with van der Waals surface area (Å²) in [7, 11) is 3.36. The molecule has 0 unspecified atom stereocenters. The second-order valence-corrected chi connectivity index (χ2v) is 8.37. The van der Waals surface area contributed by atoms with Crippen LogP contribution in [0.3, 0.4) is 0 Å². The number of nitrogens with one attached hydrogen (secondary N) is 1. The molecule has 0 bridgehead atoms. The van der Waals surface area contributed by atoms with Gasteiger partial charge in [0.15, 0.2) is 17.5 Å². The summed E-state index contributed by atoms with van der Waals surface area (Å²) < 4.78 is 18.9. The zero-order chi connectivity index (χ0) is 21.3. The Labute approximate surface area is 181 Å². The van der Waals surface area contributed by atoms with Gasteiger partial charge in [0, 0.05) is 46.3 Å². The van der Waals surface area contributed by atoms with Crippen LogP contribution in [0.2, 0.25) is 0 Å². The summed E-state index contributed by atoms with van der Waals surface area (Å²) in [6, 6.07) is 5.23. The fourth-order valence-electron chi connectivity index (χ4n) is 4.50. The molecule has 0 aromatic heterocycles. The van der Waals surface area contributed by atoms with Crippen molar-refractivity contribution in [3.05, 3.63) is 29.6 Å². The highest BCUT2D eigenvalue weighted by Crippen LogP contribution is 2.20. The fourth-order valence-corrected chi connectivity index (χ4v) is 4.50. The van der Waals surface area contributed by atoms with Gasteiger partial charge in [0.1, 0.15) is 0 Å². The Balaban J connectivity index is 1.38. The van der Waals surface area contributed by atoms with E-state index in [-0.39, 0.29) is 5.82 Å². The number of benzene rings is 1. The molecule has 1 N–H and O–H groups in total. The topological polar surface area (TPSA) is 43.3 Å². The molecule has 7 heteroatoms. The van der Waals surface area contributed by atoms with Crippen LogP contribution in [0.5, 0.6) is 5.75 Å². The number of likely N-dealkylation sites (tertiary alicyclic amines) is 1. The van der Waals surface area contributed by atoms with Gasteiger partial charge in [-0.2, -0.15) is 0 Å². The van der Waals surface area contributed by atoms with Crippen LogP contribution < -0.4 is 10.1 Å². The van der Waals surface area contributed by atoms with Crippen LogP contribution in [-0.4, -0.2) is 87.2 Å². The largest absolute Gasteiger partial charge is 0.494 e. The van der Waals surface area contributed by atoms with Crippen molar-refractivity contribution in [2.24, 2.45) is 10.9 Å². The Kier molecular flexibility index (Phi) is 8.75. The molecule has 0 radical (unpaired) electrons. The summed E-state index contributed by atoms with van der Waals surface area (Å²) in [5.41, 5.74) is 0.985. The van der Waals surface area contributed by atoms with Gasteiger partial charge in [0.05, 0.1) is 7.11 Å². The van der Waals surface area contributed by atoms with Gasteiger partial charge in [-0.3, -0.25) is 9.89 Å². The lowest BCUT2D eigenvalue weighted by molar-refractivity contribution is 0.171. The van der Waals surface area contributed by atoms with E-state index < -0.39 is 0 Å². The zero-order valence-corrected chi connectivity index (χ0v) is 18.9. The monoisotopic (exact) mass is 419 g/mol. The van der Waals surface area contributed by atoms with E-state index in [4.69, 9.17) is 4.74 Å². The highest BCUT2D eigenvalue weighted by Gasteiger charge is 2.21. The minimum absolute atomic E-state index is 0.293. The van der Waals surface area contributed by atoms with Crippen molar-refractivity contribution in [1.82, 2.24) is 20.0 Å². The number of piperazine rings is 1. The quantitative estimate of drug-likeness (QED) is 0.544. The first kappa shape index (κ1) is 22.8. The van der Waals surface area contributed by atoms with E-state index in [0.29, 0.717) is 5.75 Å². The van der Waals surface area contributed by atoms with Crippen LogP contribution >= 0.6 is 0 Å². The third kappa shape index (κ3) is 6.32. The number of halogens is 1. The molecular weight excluding hydrogens is 381 g/mol. The molecule has 0 amide bonds. The molecule has 3 rings (SSSR count). The average Bonchev–Trinajstić information content (AvgIpc) is 2.78. The molecule has 2 heterocycles.